The molecule has 1 aliphatic rings. The summed E-state index contributed by atoms with van der Waals surface area (Å²) in [4.78, 5) is 0.0907. The molecule has 0 radical (unpaired) electrons. The van der Waals surface area contributed by atoms with Crippen molar-refractivity contribution < 1.29 is 25.2 Å². The molecule has 0 bridgehead atoms. The summed E-state index contributed by atoms with van der Waals surface area (Å²) in [7, 11) is -7.36. The third kappa shape index (κ3) is 4.77. The Labute approximate surface area is 125 Å². The van der Waals surface area contributed by atoms with Crippen molar-refractivity contribution >= 4 is 20.2 Å². The molecule has 0 amide bonds. The van der Waals surface area contributed by atoms with E-state index in [0.29, 0.717) is 12.8 Å². The highest BCUT2D eigenvalue weighted by Gasteiger charge is 2.45. The summed E-state index contributed by atoms with van der Waals surface area (Å²) < 4.78 is 55.8. The Morgan fingerprint density at radius 2 is 1.52 bits per heavy atom. The van der Waals surface area contributed by atoms with Gasteiger partial charge in [-0.25, -0.2) is 0 Å². The predicted molar refractivity (Wildman–Crippen MR) is 76.8 cm³/mol. The van der Waals surface area contributed by atoms with Crippen LogP contribution in [-0.2, 0) is 28.6 Å². The van der Waals surface area contributed by atoms with Crippen molar-refractivity contribution in [1.29, 1.82) is 0 Å². The van der Waals surface area contributed by atoms with E-state index in [1.807, 2.05) is 6.92 Å². The predicted octanol–water partition coefficient (Wildman–Crippen LogP) is 1.46. The van der Waals surface area contributed by atoms with Gasteiger partial charge in [0.25, 0.3) is 20.2 Å². The van der Waals surface area contributed by atoms with Crippen molar-refractivity contribution in [3.8, 4) is 0 Å². The Bertz CT molecular complexity index is 700. The zero-order chi connectivity index (χ0) is 15.7. The highest BCUT2D eigenvalue weighted by Crippen LogP contribution is 2.46. The molecule has 0 atom stereocenters. The van der Waals surface area contributed by atoms with Crippen LogP contribution >= 0.6 is 0 Å². The maximum absolute atomic E-state index is 12.0. The lowest BCUT2D eigenvalue weighted by molar-refractivity contribution is 0.169. The quantitative estimate of drug-likeness (QED) is 0.702. The Kier molecular flexibility index (Phi) is 4.44. The van der Waals surface area contributed by atoms with Gasteiger partial charge in [0, 0.05) is 5.41 Å². The molecule has 0 heterocycles. The largest absolute Gasteiger partial charge is 0.296 e. The second-order valence-corrected chi connectivity index (χ2v) is 8.75. The third-order valence-corrected chi connectivity index (χ3v) is 5.19. The smallest absolute Gasteiger partial charge is 0.270 e. The van der Waals surface area contributed by atoms with Crippen LogP contribution in [0.3, 0.4) is 0 Å². The highest BCUT2D eigenvalue weighted by atomic mass is 32.2. The van der Waals surface area contributed by atoms with E-state index in [0.717, 1.165) is 11.8 Å². The Morgan fingerprint density at radius 1 is 1.00 bits per heavy atom. The van der Waals surface area contributed by atoms with E-state index in [4.69, 9.17) is 8.37 Å². The van der Waals surface area contributed by atoms with Crippen LogP contribution in [0.15, 0.2) is 29.2 Å². The van der Waals surface area contributed by atoms with E-state index in [1.165, 1.54) is 12.1 Å². The monoisotopic (exact) mass is 334 g/mol. The molecule has 0 unspecified atom stereocenters. The van der Waals surface area contributed by atoms with Gasteiger partial charge >= 0.3 is 0 Å². The van der Waals surface area contributed by atoms with Gasteiger partial charge in [0.15, 0.2) is 0 Å². The molecule has 1 aromatic rings. The molecule has 1 fully saturated rings. The van der Waals surface area contributed by atoms with Crippen LogP contribution in [0.5, 0.6) is 0 Å². The van der Waals surface area contributed by atoms with Gasteiger partial charge < -0.3 is 0 Å². The molecule has 8 heteroatoms. The molecule has 0 aliphatic heterocycles. The number of rotatable bonds is 7. The number of benzene rings is 1. The van der Waals surface area contributed by atoms with Crippen molar-refractivity contribution in [2.24, 2.45) is 5.41 Å². The maximum atomic E-state index is 12.0. The summed E-state index contributed by atoms with van der Waals surface area (Å²) in [6, 6.07) is 6.35. The summed E-state index contributed by atoms with van der Waals surface area (Å²) >= 11 is 0. The van der Waals surface area contributed by atoms with Crippen molar-refractivity contribution in [2.75, 3.05) is 19.5 Å². The molecule has 1 saturated carbocycles. The van der Waals surface area contributed by atoms with Crippen molar-refractivity contribution in [3.63, 3.8) is 0 Å². The van der Waals surface area contributed by atoms with Crippen molar-refractivity contribution in [2.45, 2.75) is 24.7 Å². The topological polar surface area (TPSA) is 86.7 Å². The summed E-state index contributed by atoms with van der Waals surface area (Å²) in [5, 5.41) is 0. The molecule has 0 aromatic heterocycles. The van der Waals surface area contributed by atoms with Crippen LogP contribution in [0.4, 0.5) is 0 Å². The highest BCUT2D eigenvalue weighted by molar-refractivity contribution is 7.86. The van der Waals surface area contributed by atoms with E-state index in [2.05, 4.69) is 0 Å². The van der Waals surface area contributed by atoms with Gasteiger partial charge in [-0.15, -0.1) is 0 Å². The van der Waals surface area contributed by atoms with Crippen LogP contribution in [-0.4, -0.2) is 36.3 Å². The van der Waals surface area contributed by atoms with Crippen LogP contribution in [0.2, 0.25) is 0 Å². The molecule has 2 rings (SSSR count). The van der Waals surface area contributed by atoms with E-state index >= 15 is 0 Å². The van der Waals surface area contributed by atoms with Gasteiger partial charge in [-0.1, -0.05) is 17.7 Å². The molecule has 0 spiro atoms. The molecule has 6 nitrogen and oxygen atoms in total. The Morgan fingerprint density at radius 3 is 2.00 bits per heavy atom. The summed E-state index contributed by atoms with van der Waals surface area (Å²) in [5.74, 6) is 0. The zero-order valence-corrected chi connectivity index (χ0v) is 13.5. The van der Waals surface area contributed by atoms with E-state index in [1.54, 1.807) is 12.1 Å². The van der Waals surface area contributed by atoms with Gasteiger partial charge in [0.05, 0.1) is 24.4 Å². The van der Waals surface area contributed by atoms with Crippen LogP contribution < -0.4 is 0 Å². The first-order valence-corrected chi connectivity index (χ1v) is 9.65. The van der Waals surface area contributed by atoms with E-state index in [-0.39, 0.29) is 18.1 Å². The zero-order valence-electron chi connectivity index (χ0n) is 11.9. The molecular formula is C13H18O6S2. The minimum Gasteiger partial charge on any atom is -0.270 e. The van der Waals surface area contributed by atoms with Crippen LogP contribution in [0, 0.1) is 12.3 Å². The second-order valence-electron chi connectivity index (χ2n) is 5.50. The van der Waals surface area contributed by atoms with Crippen molar-refractivity contribution in [1.82, 2.24) is 0 Å². The lowest BCUT2D eigenvalue weighted by Crippen LogP contribution is -2.22. The first-order chi connectivity index (χ1) is 9.62. The van der Waals surface area contributed by atoms with Gasteiger partial charge in [-0.2, -0.15) is 16.8 Å². The first kappa shape index (κ1) is 16.4. The fourth-order valence-corrected chi connectivity index (χ4v) is 3.19. The van der Waals surface area contributed by atoms with Crippen molar-refractivity contribution in [3.05, 3.63) is 29.8 Å². The number of hydrogen-bond acceptors (Lipinski definition) is 6. The first-order valence-electron chi connectivity index (χ1n) is 6.43. The lowest BCUT2D eigenvalue weighted by Gasteiger charge is -2.14. The fraction of sp³-hybridized carbons (Fsp3) is 0.538. The van der Waals surface area contributed by atoms with Gasteiger partial charge in [-0.3, -0.25) is 8.37 Å². The molecule has 0 saturated heterocycles. The standard InChI is InChI=1S/C13H18O6S2/c1-11-3-5-12(6-4-11)21(16,17)19-10-13(7-8-13)9-18-20(2,14)15/h3-6H,7-10H2,1-2H3. The van der Waals surface area contributed by atoms with E-state index < -0.39 is 25.7 Å². The van der Waals surface area contributed by atoms with Gasteiger partial charge in [0.1, 0.15) is 0 Å². The third-order valence-electron chi connectivity index (χ3n) is 3.37. The normalized spacial score (nSPS) is 17.6. The SMILES string of the molecule is Cc1ccc(S(=O)(=O)OCC2(COS(C)(=O)=O)CC2)cc1. The maximum Gasteiger partial charge on any atom is 0.296 e. The molecule has 1 aromatic carbocycles. The molecular weight excluding hydrogens is 316 g/mol. The van der Waals surface area contributed by atoms with Crippen LogP contribution in [0.25, 0.3) is 0 Å². The molecule has 1 aliphatic carbocycles. The minimum atomic E-state index is -3.83. The molecule has 118 valence electrons. The average Bonchev–Trinajstić information content (AvgIpc) is 3.15. The molecule has 21 heavy (non-hydrogen) atoms. The summed E-state index contributed by atoms with van der Waals surface area (Å²) in [5.41, 5.74) is 0.440. The lowest BCUT2D eigenvalue weighted by atomic mass is 10.1. The van der Waals surface area contributed by atoms with E-state index in [9.17, 15) is 16.8 Å². The Balaban J connectivity index is 1.97. The summed E-state index contributed by atoms with van der Waals surface area (Å²) in [6.45, 7) is 1.74. The molecule has 0 N–H and O–H groups in total. The summed E-state index contributed by atoms with van der Waals surface area (Å²) in [6.07, 6.45) is 2.34. The second kappa shape index (κ2) is 5.68. The van der Waals surface area contributed by atoms with Crippen LogP contribution in [0.1, 0.15) is 18.4 Å². The average molecular weight is 334 g/mol. The number of hydrogen-bond donors (Lipinski definition) is 0. The fourth-order valence-electron chi connectivity index (χ4n) is 1.71. The van der Waals surface area contributed by atoms with Gasteiger partial charge in [-0.05, 0) is 31.9 Å². The van der Waals surface area contributed by atoms with Gasteiger partial charge in [0.2, 0.25) is 0 Å². The minimum absolute atomic E-state index is 0.0464. The Hall–Kier alpha value is -0.960. The number of aryl methyl sites for hydroxylation is 1.